The van der Waals surface area contributed by atoms with Crippen molar-refractivity contribution in [2.45, 2.75) is 58.5 Å². The summed E-state index contributed by atoms with van der Waals surface area (Å²) in [5.74, 6) is 2.41. The molecule has 1 aromatic heterocycles. The van der Waals surface area contributed by atoms with Gasteiger partial charge in [-0.2, -0.15) is 0 Å². The summed E-state index contributed by atoms with van der Waals surface area (Å²) in [5, 5.41) is 3.56. The Labute approximate surface area is 184 Å². The zero-order valence-corrected chi connectivity index (χ0v) is 20.1. The molecule has 2 rings (SSSR count). The van der Waals surface area contributed by atoms with Crippen molar-refractivity contribution in [2.75, 3.05) is 0 Å². The van der Waals surface area contributed by atoms with E-state index in [-0.39, 0.29) is 12.5 Å². The van der Waals surface area contributed by atoms with E-state index in [2.05, 4.69) is 36.4 Å². The average Bonchev–Trinajstić information content (AvgIpc) is 3.13. The monoisotopic (exact) mass is 444 g/mol. The van der Waals surface area contributed by atoms with Crippen LogP contribution in [0.4, 0.5) is 0 Å². The average molecular weight is 445 g/mol. The lowest BCUT2D eigenvalue weighted by atomic mass is 10.1. The topological polar surface area (TPSA) is 62.6 Å². The number of hydrogen-bond acceptors (Lipinski definition) is 3. The molecule has 1 N–H and O–H groups in total. The van der Waals surface area contributed by atoms with Crippen LogP contribution in [0.5, 0.6) is 0 Å². The fourth-order valence-corrected chi connectivity index (χ4v) is 3.30. The van der Waals surface area contributed by atoms with Gasteiger partial charge >= 0.3 is 0 Å². The second-order valence-corrected chi connectivity index (χ2v) is 14.4. The number of furan rings is 1. The maximum atomic E-state index is 13.2. The minimum Gasteiger partial charge on any atom is -0.467 e. The van der Waals surface area contributed by atoms with E-state index in [0.29, 0.717) is 10.8 Å². The number of benzene rings is 1. The molecule has 0 spiro atoms. The number of hydrogen-bond donors (Lipinski definition) is 1. The van der Waals surface area contributed by atoms with Gasteiger partial charge in [0.1, 0.15) is 13.8 Å². The van der Waals surface area contributed by atoms with E-state index in [1.807, 2.05) is 32.9 Å². The van der Waals surface area contributed by atoms with Crippen LogP contribution >= 0.6 is 11.6 Å². The minimum atomic E-state index is -1.78. The Morgan fingerprint density at radius 3 is 2.30 bits per heavy atom. The van der Waals surface area contributed by atoms with E-state index in [1.165, 1.54) is 11.2 Å². The van der Waals surface area contributed by atoms with Gasteiger partial charge in [-0.3, -0.25) is 9.59 Å². The number of rotatable bonds is 5. The Bertz CT molecular complexity index is 930. The van der Waals surface area contributed by atoms with Crippen LogP contribution in [0.25, 0.3) is 0 Å². The molecular weight excluding hydrogens is 416 g/mol. The summed E-state index contributed by atoms with van der Waals surface area (Å²) in [7, 11) is -1.78. The number of carbonyl (C=O) groups is 2. The van der Waals surface area contributed by atoms with Crippen LogP contribution in [0, 0.1) is 11.5 Å². The molecular formula is C23H29ClN2O3Si. The Morgan fingerprint density at radius 1 is 1.17 bits per heavy atom. The van der Waals surface area contributed by atoms with Crippen molar-refractivity contribution in [1.82, 2.24) is 10.2 Å². The second kappa shape index (κ2) is 9.54. The standard InChI is InChI=1S/C23H29ClN2O3Si/c1-23(2,3)25-22(28)21(19-8-7-14-29-19)26(20(27)13-15-30(4,5)6)16-17-9-11-18(24)12-10-17/h7-12,14,21H,16H2,1-6H3,(H,25,28). The lowest BCUT2D eigenvalue weighted by Crippen LogP contribution is -2.48. The van der Waals surface area contributed by atoms with Crippen LogP contribution in [-0.2, 0) is 16.1 Å². The summed E-state index contributed by atoms with van der Waals surface area (Å²) < 4.78 is 5.55. The van der Waals surface area contributed by atoms with Gasteiger partial charge in [0.2, 0.25) is 0 Å². The molecule has 160 valence electrons. The predicted molar refractivity (Wildman–Crippen MR) is 122 cm³/mol. The van der Waals surface area contributed by atoms with Crippen molar-refractivity contribution in [3.8, 4) is 11.5 Å². The third-order valence-electron chi connectivity index (χ3n) is 3.94. The molecule has 0 saturated carbocycles. The first-order valence-corrected chi connectivity index (χ1v) is 13.7. The molecule has 0 aliphatic rings. The van der Waals surface area contributed by atoms with Crippen LogP contribution in [0.2, 0.25) is 24.7 Å². The fraction of sp³-hybridized carbons (Fsp3) is 0.391. The largest absolute Gasteiger partial charge is 0.467 e. The fourth-order valence-electron chi connectivity index (χ4n) is 2.69. The van der Waals surface area contributed by atoms with Crippen LogP contribution < -0.4 is 5.32 Å². The van der Waals surface area contributed by atoms with Crippen molar-refractivity contribution in [1.29, 1.82) is 0 Å². The lowest BCUT2D eigenvalue weighted by molar-refractivity contribution is -0.139. The SMILES string of the molecule is CC(C)(C)NC(=O)C(c1ccco1)N(Cc1ccc(Cl)cc1)C(=O)C#C[Si](C)(C)C. The van der Waals surface area contributed by atoms with E-state index >= 15 is 0 Å². The molecule has 1 heterocycles. The van der Waals surface area contributed by atoms with Crippen molar-refractivity contribution >= 4 is 31.5 Å². The van der Waals surface area contributed by atoms with E-state index in [0.717, 1.165) is 5.56 Å². The molecule has 0 aliphatic heterocycles. The Balaban J connectivity index is 2.50. The van der Waals surface area contributed by atoms with Gasteiger partial charge in [-0.15, -0.1) is 5.54 Å². The minimum absolute atomic E-state index is 0.194. The molecule has 2 aromatic rings. The normalized spacial score (nSPS) is 12.5. The third kappa shape index (κ3) is 7.40. The summed E-state index contributed by atoms with van der Waals surface area (Å²) in [6, 6.07) is 9.62. The molecule has 5 nitrogen and oxygen atoms in total. The molecule has 1 aromatic carbocycles. The Hall–Kier alpha value is -2.49. The van der Waals surface area contributed by atoms with Crippen LogP contribution in [0.15, 0.2) is 47.1 Å². The first kappa shape index (κ1) is 23.8. The molecule has 0 radical (unpaired) electrons. The number of nitrogens with one attached hydrogen (secondary N) is 1. The van der Waals surface area contributed by atoms with E-state index < -0.39 is 25.6 Å². The van der Waals surface area contributed by atoms with Gasteiger partial charge in [0, 0.05) is 17.1 Å². The van der Waals surface area contributed by atoms with Crippen LogP contribution in [0.1, 0.15) is 38.1 Å². The molecule has 30 heavy (non-hydrogen) atoms. The summed E-state index contributed by atoms with van der Waals surface area (Å²) in [4.78, 5) is 27.9. The van der Waals surface area contributed by atoms with E-state index in [4.69, 9.17) is 16.0 Å². The number of nitrogens with zero attached hydrogens (tertiary/aromatic N) is 1. The first-order valence-electron chi connectivity index (χ1n) is 9.79. The highest BCUT2D eigenvalue weighted by molar-refractivity contribution is 6.84. The molecule has 0 fully saturated rings. The molecule has 0 saturated heterocycles. The van der Waals surface area contributed by atoms with Gasteiger partial charge in [0.15, 0.2) is 6.04 Å². The third-order valence-corrected chi connectivity index (χ3v) is 5.07. The molecule has 7 heteroatoms. The molecule has 1 atom stereocenters. The summed E-state index contributed by atoms with van der Waals surface area (Å²) in [6.45, 7) is 12.0. The zero-order valence-electron chi connectivity index (χ0n) is 18.4. The maximum Gasteiger partial charge on any atom is 0.299 e. The van der Waals surface area contributed by atoms with Crippen LogP contribution in [-0.4, -0.2) is 30.3 Å². The van der Waals surface area contributed by atoms with Gasteiger partial charge in [-0.25, -0.2) is 0 Å². The van der Waals surface area contributed by atoms with Crippen molar-refractivity contribution in [2.24, 2.45) is 0 Å². The highest BCUT2D eigenvalue weighted by Crippen LogP contribution is 2.25. The quantitative estimate of drug-likeness (QED) is 0.532. The first-order chi connectivity index (χ1) is 13.9. The van der Waals surface area contributed by atoms with E-state index in [9.17, 15) is 9.59 Å². The van der Waals surface area contributed by atoms with Crippen molar-refractivity contribution in [3.05, 3.63) is 59.0 Å². The Kier molecular flexibility index (Phi) is 7.57. The van der Waals surface area contributed by atoms with Gasteiger partial charge in [0.25, 0.3) is 11.8 Å². The van der Waals surface area contributed by atoms with Crippen molar-refractivity contribution in [3.63, 3.8) is 0 Å². The van der Waals surface area contributed by atoms with Crippen molar-refractivity contribution < 1.29 is 14.0 Å². The van der Waals surface area contributed by atoms with Gasteiger partial charge in [-0.05, 0) is 56.5 Å². The van der Waals surface area contributed by atoms with Gasteiger partial charge in [0.05, 0.1) is 6.26 Å². The summed E-state index contributed by atoms with van der Waals surface area (Å²) in [6.07, 6.45) is 1.49. The highest BCUT2D eigenvalue weighted by atomic mass is 35.5. The molecule has 1 unspecified atom stereocenters. The second-order valence-electron chi connectivity index (χ2n) is 9.22. The van der Waals surface area contributed by atoms with Gasteiger partial charge < -0.3 is 14.6 Å². The highest BCUT2D eigenvalue weighted by Gasteiger charge is 2.35. The van der Waals surface area contributed by atoms with Crippen LogP contribution in [0.3, 0.4) is 0 Å². The Morgan fingerprint density at radius 2 is 1.80 bits per heavy atom. The molecule has 2 amide bonds. The number of carbonyl (C=O) groups excluding carboxylic acids is 2. The predicted octanol–water partition coefficient (Wildman–Crippen LogP) is 4.80. The lowest BCUT2D eigenvalue weighted by Gasteiger charge is -2.31. The molecule has 0 aliphatic carbocycles. The summed E-state index contributed by atoms with van der Waals surface area (Å²) >= 11 is 6.00. The number of amides is 2. The smallest absolute Gasteiger partial charge is 0.299 e. The van der Waals surface area contributed by atoms with E-state index in [1.54, 1.807) is 24.3 Å². The number of halogens is 1. The zero-order chi connectivity index (χ0) is 22.5. The molecule has 0 bridgehead atoms. The maximum absolute atomic E-state index is 13.2. The van der Waals surface area contributed by atoms with Gasteiger partial charge in [-0.1, -0.05) is 43.4 Å². The summed E-state index contributed by atoms with van der Waals surface area (Å²) in [5.41, 5.74) is 3.46.